The summed E-state index contributed by atoms with van der Waals surface area (Å²) in [5.74, 6) is 0.873. The van der Waals surface area contributed by atoms with Gasteiger partial charge in [0.15, 0.2) is 11.5 Å². The van der Waals surface area contributed by atoms with Crippen molar-refractivity contribution in [1.82, 2.24) is 34.5 Å². The Morgan fingerprint density at radius 1 is 1.00 bits per heavy atom. The maximum atomic E-state index is 13.3. The van der Waals surface area contributed by atoms with Gasteiger partial charge in [0.05, 0.1) is 16.8 Å². The second-order valence-electron chi connectivity index (χ2n) is 10.5. The summed E-state index contributed by atoms with van der Waals surface area (Å²) in [5, 5.41) is 8.26. The highest BCUT2D eigenvalue weighted by molar-refractivity contribution is 6.34. The van der Waals surface area contributed by atoms with Crippen LogP contribution in [-0.4, -0.2) is 73.7 Å². The van der Waals surface area contributed by atoms with Crippen molar-refractivity contribution in [2.45, 2.75) is 13.5 Å². The summed E-state index contributed by atoms with van der Waals surface area (Å²) in [6, 6.07) is 14.6. The molecule has 1 N–H and O–H groups in total. The normalized spacial score (nSPS) is 14.3. The van der Waals surface area contributed by atoms with Crippen molar-refractivity contribution < 1.29 is 9.53 Å². The van der Waals surface area contributed by atoms with Crippen LogP contribution in [0, 0.1) is 6.92 Å². The second kappa shape index (κ2) is 11.8. The first-order chi connectivity index (χ1) is 20.3. The van der Waals surface area contributed by atoms with Crippen LogP contribution >= 0.6 is 11.6 Å². The van der Waals surface area contributed by atoms with Crippen LogP contribution in [0.2, 0.25) is 5.02 Å². The maximum absolute atomic E-state index is 13.3. The molecule has 1 aliphatic heterocycles. The smallest absolute Gasteiger partial charge is 0.257 e. The molecule has 2 aromatic carbocycles. The van der Waals surface area contributed by atoms with E-state index in [0.29, 0.717) is 44.8 Å². The van der Waals surface area contributed by atoms with Crippen LogP contribution in [0.1, 0.15) is 21.5 Å². The Hall–Kier alpha value is -4.38. The third kappa shape index (κ3) is 5.96. The largest absolute Gasteiger partial charge is 0.438 e. The van der Waals surface area contributed by atoms with Crippen molar-refractivity contribution in [3.05, 3.63) is 88.8 Å². The highest BCUT2D eigenvalue weighted by Gasteiger charge is 2.18. The van der Waals surface area contributed by atoms with Crippen molar-refractivity contribution in [3.63, 3.8) is 0 Å². The molecule has 42 heavy (non-hydrogen) atoms. The summed E-state index contributed by atoms with van der Waals surface area (Å²) in [6.07, 6.45) is 5.01. The van der Waals surface area contributed by atoms with Gasteiger partial charge in [0, 0.05) is 63.4 Å². The number of rotatable bonds is 7. The number of fused-ring (bicyclic) bond motifs is 1. The van der Waals surface area contributed by atoms with Gasteiger partial charge < -0.3 is 15.0 Å². The number of benzene rings is 2. The van der Waals surface area contributed by atoms with E-state index < -0.39 is 0 Å². The number of piperazine rings is 1. The third-order valence-corrected chi connectivity index (χ3v) is 7.81. The van der Waals surface area contributed by atoms with Crippen LogP contribution in [-0.2, 0) is 13.6 Å². The maximum Gasteiger partial charge on any atom is 0.257 e. The van der Waals surface area contributed by atoms with E-state index in [2.05, 4.69) is 55.2 Å². The van der Waals surface area contributed by atoms with Crippen LogP contribution < -0.4 is 10.1 Å². The minimum absolute atomic E-state index is 0.291. The molecule has 1 saturated heterocycles. The fourth-order valence-corrected chi connectivity index (χ4v) is 5.16. The van der Waals surface area contributed by atoms with Gasteiger partial charge in [-0.3, -0.25) is 19.4 Å². The Balaban J connectivity index is 1.21. The Bertz CT molecular complexity index is 1750. The second-order valence-corrected chi connectivity index (χ2v) is 10.9. The molecule has 0 saturated carbocycles. The molecule has 1 fully saturated rings. The number of ether oxygens (including phenoxy) is 1. The van der Waals surface area contributed by atoms with E-state index in [9.17, 15) is 4.79 Å². The fraction of sp³-hybridized carbons (Fsp3) is 0.258. The van der Waals surface area contributed by atoms with Crippen LogP contribution in [0.4, 0.5) is 5.69 Å². The zero-order valence-electron chi connectivity index (χ0n) is 23.7. The Morgan fingerprint density at radius 3 is 2.55 bits per heavy atom. The van der Waals surface area contributed by atoms with Crippen molar-refractivity contribution >= 4 is 34.2 Å². The van der Waals surface area contributed by atoms with Gasteiger partial charge in [0.1, 0.15) is 11.1 Å². The fourth-order valence-electron chi connectivity index (χ4n) is 4.95. The first kappa shape index (κ1) is 27.8. The number of aryl methyl sites for hydroxylation is 2. The van der Waals surface area contributed by atoms with E-state index in [1.807, 2.05) is 24.3 Å². The van der Waals surface area contributed by atoms with Gasteiger partial charge in [0.2, 0.25) is 5.88 Å². The number of amides is 1. The van der Waals surface area contributed by atoms with Crippen molar-refractivity contribution in [1.29, 1.82) is 0 Å². The molecule has 1 amide bonds. The lowest BCUT2D eigenvalue weighted by Crippen LogP contribution is -2.43. The van der Waals surface area contributed by atoms with E-state index in [4.69, 9.17) is 16.3 Å². The number of nitrogens with zero attached hydrogens (tertiary/aromatic N) is 7. The molecule has 214 valence electrons. The molecule has 11 heteroatoms. The number of aromatic nitrogens is 5. The Morgan fingerprint density at radius 2 is 1.79 bits per heavy atom. The summed E-state index contributed by atoms with van der Waals surface area (Å²) in [4.78, 5) is 31.5. The van der Waals surface area contributed by atoms with E-state index in [1.165, 1.54) is 5.56 Å². The van der Waals surface area contributed by atoms with Crippen molar-refractivity contribution in [2.24, 2.45) is 7.05 Å². The molecule has 6 rings (SSSR count). The molecule has 0 aliphatic carbocycles. The van der Waals surface area contributed by atoms with Crippen LogP contribution in [0.5, 0.6) is 11.6 Å². The van der Waals surface area contributed by atoms with Crippen LogP contribution in [0.25, 0.3) is 22.4 Å². The number of hydrogen-bond donors (Lipinski definition) is 1. The van der Waals surface area contributed by atoms with Gasteiger partial charge >= 0.3 is 0 Å². The average molecular weight is 583 g/mol. The average Bonchev–Trinajstić information content (AvgIpc) is 3.37. The lowest BCUT2D eigenvalue weighted by atomic mass is 10.1. The summed E-state index contributed by atoms with van der Waals surface area (Å²) in [5.41, 5.74) is 4.79. The number of nitrogens with one attached hydrogen (secondary N) is 1. The predicted octanol–water partition coefficient (Wildman–Crippen LogP) is 5.18. The van der Waals surface area contributed by atoms with Gasteiger partial charge in [-0.15, -0.1) is 0 Å². The van der Waals surface area contributed by atoms with E-state index in [0.717, 1.165) is 43.9 Å². The van der Waals surface area contributed by atoms with Crippen LogP contribution in [0.15, 0.2) is 67.1 Å². The summed E-state index contributed by atoms with van der Waals surface area (Å²) < 4.78 is 7.87. The number of hydrogen-bond acceptors (Lipinski definition) is 8. The summed E-state index contributed by atoms with van der Waals surface area (Å²) >= 11 is 6.47. The first-order valence-corrected chi connectivity index (χ1v) is 14.1. The molecule has 5 aromatic rings. The third-order valence-electron chi connectivity index (χ3n) is 7.48. The minimum Gasteiger partial charge on any atom is -0.438 e. The van der Waals surface area contributed by atoms with E-state index in [1.54, 1.807) is 48.5 Å². The number of halogens is 1. The molecule has 0 bridgehead atoms. The van der Waals surface area contributed by atoms with Crippen molar-refractivity contribution in [3.8, 4) is 23.0 Å². The number of pyridine rings is 1. The number of carbonyl (C=O) groups excluding carboxylic acids is 1. The van der Waals surface area contributed by atoms with Gasteiger partial charge in [0.25, 0.3) is 5.91 Å². The quantitative estimate of drug-likeness (QED) is 0.280. The topological polar surface area (TPSA) is 101 Å². The van der Waals surface area contributed by atoms with E-state index in [-0.39, 0.29) is 5.91 Å². The summed E-state index contributed by atoms with van der Waals surface area (Å²) in [6.45, 7) is 7.23. The SMILES string of the molecule is Cc1cc(NC(=O)c2cc(Oc3nc(-c4ccncc4)nc4c3cnn4C)ccc2Cl)ccc1CN1CCN(C)CC1. The summed E-state index contributed by atoms with van der Waals surface area (Å²) in [7, 11) is 3.96. The zero-order valence-corrected chi connectivity index (χ0v) is 24.5. The zero-order chi connectivity index (χ0) is 29.2. The molecule has 3 aromatic heterocycles. The molecular formula is C31H31ClN8O2. The van der Waals surface area contributed by atoms with Crippen molar-refractivity contribution in [2.75, 3.05) is 38.5 Å². The van der Waals surface area contributed by atoms with Crippen LogP contribution in [0.3, 0.4) is 0 Å². The van der Waals surface area contributed by atoms with Gasteiger partial charge in [-0.2, -0.15) is 10.1 Å². The predicted molar refractivity (Wildman–Crippen MR) is 163 cm³/mol. The molecule has 0 radical (unpaired) electrons. The highest BCUT2D eigenvalue weighted by atomic mass is 35.5. The standard InChI is InChI=1S/C31H31ClN8O2/c1-20-16-23(5-4-22(20)19-40-14-12-38(2)13-15-40)35-30(41)25-17-24(6-7-27(25)32)42-31-26-18-34-39(3)29(26)36-28(37-31)21-8-10-33-11-9-21/h4-11,16-18H,12-15,19H2,1-3H3,(H,35,41). The van der Waals surface area contributed by atoms with Gasteiger partial charge in [-0.1, -0.05) is 17.7 Å². The Kier molecular flexibility index (Phi) is 7.84. The molecule has 0 atom stereocenters. The van der Waals surface area contributed by atoms with Gasteiger partial charge in [-0.25, -0.2) is 4.98 Å². The minimum atomic E-state index is -0.330. The molecule has 0 unspecified atom stereocenters. The van der Waals surface area contributed by atoms with E-state index >= 15 is 0 Å². The highest BCUT2D eigenvalue weighted by Crippen LogP contribution is 2.32. The monoisotopic (exact) mass is 582 g/mol. The number of carbonyl (C=O) groups is 1. The molecule has 10 nitrogen and oxygen atoms in total. The first-order valence-electron chi connectivity index (χ1n) is 13.7. The number of anilines is 1. The Labute approximate surface area is 248 Å². The van der Waals surface area contributed by atoms with Gasteiger partial charge in [-0.05, 0) is 67.6 Å². The molecule has 4 heterocycles. The number of likely N-dealkylation sites (N-methyl/N-ethyl adjacent to an activating group) is 1. The molecule has 1 aliphatic rings. The molecular weight excluding hydrogens is 552 g/mol. The molecule has 0 spiro atoms. The lowest BCUT2D eigenvalue weighted by molar-refractivity contribution is 0.102. The lowest BCUT2D eigenvalue weighted by Gasteiger charge is -2.32.